The highest BCUT2D eigenvalue weighted by Gasteiger charge is 2.09. The predicted octanol–water partition coefficient (Wildman–Crippen LogP) is 3.55. The summed E-state index contributed by atoms with van der Waals surface area (Å²) in [6, 6.07) is 4.94. The van der Waals surface area contributed by atoms with E-state index in [9.17, 15) is 0 Å². The standard InChI is InChI=1S/C16H29N3/c1-7-8-19(6)16-10-14(11-17-13(4)5)9-15(18-16)12(2)3/h9-10,12-13,17H,7-8,11H2,1-6H3. The van der Waals surface area contributed by atoms with Gasteiger partial charge >= 0.3 is 0 Å². The number of nitrogens with zero attached hydrogens (tertiary/aromatic N) is 2. The fourth-order valence-corrected chi connectivity index (χ4v) is 1.96. The Kier molecular flexibility index (Phi) is 6.29. The maximum atomic E-state index is 4.78. The molecule has 0 unspecified atom stereocenters. The number of anilines is 1. The van der Waals surface area contributed by atoms with Crippen molar-refractivity contribution in [2.45, 2.75) is 59.5 Å². The first-order valence-corrected chi connectivity index (χ1v) is 7.39. The molecule has 0 aliphatic heterocycles. The zero-order chi connectivity index (χ0) is 14.4. The summed E-state index contributed by atoms with van der Waals surface area (Å²) in [5.74, 6) is 1.56. The summed E-state index contributed by atoms with van der Waals surface area (Å²) < 4.78 is 0. The molecule has 3 heteroatoms. The van der Waals surface area contributed by atoms with Gasteiger partial charge in [-0.2, -0.15) is 0 Å². The molecule has 0 spiro atoms. The number of nitrogens with one attached hydrogen (secondary N) is 1. The average Bonchev–Trinajstić information content (AvgIpc) is 2.36. The van der Waals surface area contributed by atoms with Crippen LogP contribution in [0.5, 0.6) is 0 Å². The Balaban J connectivity index is 2.96. The minimum Gasteiger partial charge on any atom is -0.360 e. The Morgan fingerprint density at radius 1 is 1.21 bits per heavy atom. The highest BCUT2D eigenvalue weighted by atomic mass is 15.2. The van der Waals surface area contributed by atoms with Gasteiger partial charge in [-0.05, 0) is 30.0 Å². The molecular formula is C16H29N3. The largest absolute Gasteiger partial charge is 0.360 e. The normalized spacial score (nSPS) is 11.4. The van der Waals surface area contributed by atoms with Crippen molar-refractivity contribution >= 4 is 5.82 Å². The molecule has 0 saturated carbocycles. The minimum atomic E-state index is 0.466. The second-order valence-corrected chi connectivity index (χ2v) is 5.87. The Labute approximate surface area is 118 Å². The van der Waals surface area contributed by atoms with E-state index in [0.717, 1.165) is 25.3 Å². The fraction of sp³-hybridized carbons (Fsp3) is 0.688. The zero-order valence-electron chi connectivity index (χ0n) is 13.3. The van der Waals surface area contributed by atoms with Gasteiger partial charge in [0.2, 0.25) is 0 Å². The molecule has 1 N–H and O–H groups in total. The van der Waals surface area contributed by atoms with Crippen LogP contribution in [-0.4, -0.2) is 24.6 Å². The second-order valence-electron chi connectivity index (χ2n) is 5.87. The third-order valence-corrected chi connectivity index (χ3v) is 3.15. The van der Waals surface area contributed by atoms with Crippen LogP contribution in [-0.2, 0) is 6.54 Å². The summed E-state index contributed by atoms with van der Waals surface area (Å²) in [6.07, 6.45) is 1.14. The van der Waals surface area contributed by atoms with Crippen LogP contribution in [0.15, 0.2) is 12.1 Å². The van der Waals surface area contributed by atoms with E-state index in [1.165, 1.54) is 11.3 Å². The van der Waals surface area contributed by atoms with Crippen molar-refractivity contribution in [1.29, 1.82) is 0 Å². The van der Waals surface area contributed by atoms with Crippen LogP contribution < -0.4 is 10.2 Å². The van der Waals surface area contributed by atoms with Gasteiger partial charge in [-0.25, -0.2) is 4.98 Å². The smallest absolute Gasteiger partial charge is 0.128 e. The molecule has 0 aliphatic carbocycles. The number of hydrogen-bond donors (Lipinski definition) is 1. The van der Waals surface area contributed by atoms with Gasteiger partial charge in [0.05, 0.1) is 0 Å². The van der Waals surface area contributed by atoms with Crippen LogP contribution >= 0.6 is 0 Å². The van der Waals surface area contributed by atoms with Gasteiger partial charge < -0.3 is 10.2 Å². The molecule has 1 heterocycles. The van der Waals surface area contributed by atoms with Gasteiger partial charge in [0.1, 0.15) is 5.82 Å². The van der Waals surface area contributed by atoms with E-state index in [0.29, 0.717) is 12.0 Å². The Hall–Kier alpha value is -1.09. The topological polar surface area (TPSA) is 28.2 Å². The van der Waals surface area contributed by atoms with Gasteiger partial charge in [0, 0.05) is 31.9 Å². The van der Waals surface area contributed by atoms with E-state index < -0.39 is 0 Å². The maximum absolute atomic E-state index is 4.78. The molecule has 0 atom stereocenters. The van der Waals surface area contributed by atoms with E-state index >= 15 is 0 Å². The lowest BCUT2D eigenvalue weighted by Crippen LogP contribution is -2.23. The quantitative estimate of drug-likeness (QED) is 0.815. The van der Waals surface area contributed by atoms with E-state index in [2.05, 4.69) is 64.0 Å². The first kappa shape index (κ1) is 16.0. The summed E-state index contributed by atoms with van der Waals surface area (Å²) in [4.78, 5) is 7.02. The molecule has 0 aromatic carbocycles. The monoisotopic (exact) mass is 263 g/mol. The summed E-state index contributed by atoms with van der Waals surface area (Å²) in [5, 5.41) is 3.48. The van der Waals surface area contributed by atoms with E-state index in [-0.39, 0.29) is 0 Å². The van der Waals surface area contributed by atoms with Gasteiger partial charge in [0.25, 0.3) is 0 Å². The number of aromatic nitrogens is 1. The lowest BCUT2D eigenvalue weighted by atomic mass is 10.1. The van der Waals surface area contributed by atoms with Crippen molar-refractivity contribution in [2.24, 2.45) is 0 Å². The van der Waals surface area contributed by atoms with Gasteiger partial charge in [-0.15, -0.1) is 0 Å². The number of hydrogen-bond acceptors (Lipinski definition) is 3. The van der Waals surface area contributed by atoms with Gasteiger partial charge in [-0.1, -0.05) is 34.6 Å². The molecule has 1 aromatic rings. The number of rotatable bonds is 7. The zero-order valence-corrected chi connectivity index (χ0v) is 13.3. The van der Waals surface area contributed by atoms with Crippen LogP contribution in [0.2, 0.25) is 0 Å². The van der Waals surface area contributed by atoms with Crippen LogP contribution in [0, 0.1) is 0 Å². The van der Waals surface area contributed by atoms with Crippen molar-refractivity contribution < 1.29 is 0 Å². The first-order chi connectivity index (χ1) is 8.93. The summed E-state index contributed by atoms with van der Waals surface area (Å²) in [6.45, 7) is 12.9. The Morgan fingerprint density at radius 3 is 2.42 bits per heavy atom. The van der Waals surface area contributed by atoms with Gasteiger partial charge in [0.15, 0.2) is 0 Å². The maximum Gasteiger partial charge on any atom is 0.128 e. The van der Waals surface area contributed by atoms with Crippen LogP contribution in [0.25, 0.3) is 0 Å². The molecule has 0 fully saturated rings. The summed E-state index contributed by atoms with van der Waals surface area (Å²) in [7, 11) is 2.12. The average molecular weight is 263 g/mol. The van der Waals surface area contributed by atoms with E-state index in [1.54, 1.807) is 0 Å². The second kappa shape index (κ2) is 7.49. The molecular weight excluding hydrogens is 234 g/mol. The van der Waals surface area contributed by atoms with E-state index in [1.807, 2.05) is 0 Å². The molecule has 0 saturated heterocycles. The Morgan fingerprint density at radius 2 is 1.89 bits per heavy atom. The van der Waals surface area contributed by atoms with Gasteiger partial charge in [-0.3, -0.25) is 0 Å². The fourth-order valence-electron chi connectivity index (χ4n) is 1.96. The molecule has 0 amide bonds. The molecule has 0 aliphatic rings. The molecule has 0 bridgehead atoms. The summed E-state index contributed by atoms with van der Waals surface area (Å²) >= 11 is 0. The van der Waals surface area contributed by atoms with Crippen LogP contribution in [0.1, 0.15) is 58.2 Å². The highest BCUT2D eigenvalue weighted by Crippen LogP contribution is 2.20. The van der Waals surface area contributed by atoms with E-state index in [4.69, 9.17) is 4.98 Å². The molecule has 1 aromatic heterocycles. The van der Waals surface area contributed by atoms with Crippen molar-refractivity contribution in [3.05, 3.63) is 23.4 Å². The van der Waals surface area contributed by atoms with Crippen molar-refractivity contribution in [3.63, 3.8) is 0 Å². The van der Waals surface area contributed by atoms with Crippen molar-refractivity contribution in [3.8, 4) is 0 Å². The lowest BCUT2D eigenvalue weighted by molar-refractivity contribution is 0.587. The molecule has 3 nitrogen and oxygen atoms in total. The third kappa shape index (κ3) is 5.19. The molecule has 1 rings (SSSR count). The molecule has 19 heavy (non-hydrogen) atoms. The van der Waals surface area contributed by atoms with Crippen LogP contribution in [0.3, 0.4) is 0 Å². The molecule has 108 valence electrons. The third-order valence-electron chi connectivity index (χ3n) is 3.15. The SMILES string of the molecule is CCCN(C)c1cc(CNC(C)C)cc(C(C)C)n1. The summed E-state index contributed by atoms with van der Waals surface area (Å²) in [5.41, 5.74) is 2.51. The minimum absolute atomic E-state index is 0.466. The number of pyridine rings is 1. The molecule has 0 radical (unpaired) electrons. The van der Waals surface area contributed by atoms with Crippen molar-refractivity contribution in [1.82, 2.24) is 10.3 Å². The first-order valence-electron chi connectivity index (χ1n) is 7.39. The highest BCUT2D eigenvalue weighted by molar-refractivity contribution is 5.42. The van der Waals surface area contributed by atoms with Crippen LogP contribution in [0.4, 0.5) is 5.82 Å². The lowest BCUT2D eigenvalue weighted by Gasteiger charge is -2.20. The Bertz CT molecular complexity index is 386. The van der Waals surface area contributed by atoms with Crippen molar-refractivity contribution in [2.75, 3.05) is 18.5 Å². The predicted molar refractivity (Wildman–Crippen MR) is 83.9 cm³/mol.